The fourth-order valence-corrected chi connectivity index (χ4v) is 1.30. The van der Waals surface area contributed by atoms with Crippen LogP contribution in [0.3, 0.4) is 0 Å². The SMILES string of the molecule is COc1cccc(C(=O)CN)c1C(F)F. The predicted molar refractivity (Wildman–Crippen MR) is 51.3 cm³/mol. The Morgan fingerprint density at radius 2 is 2.20 bits per heavy atom. The topological polar surface area (TPSA) is 52.3 Å². The molecule has 0 aliphatic heterocycles. The molecule has 0 saturated carbocycles. The minimum Gasteiger partial charge on any atom is -0.496 e. The number of carbonyl (C=O) groups is 1. The number of benzene rings is 1. The number of hydrogen-bond donors (Lipinski definition) is 1. The van der Waals surface area contributed by atoms with Crippen molar-refractivity contribution in [2.24, 2.45) is 5.73 Å². The molecule has 2 N–H and O–H groups in total. The number of hydrogen-bond acceptors (Lipinski definition) is 3. The highest BCUT2D eigenvalue weighted by atomic mass is 19.3. The van der Waals surface area contributed by atoms with E-state index in [1.54, 1.807) is 0 Å². The van der Waals surface area contributed by atoms with E-state index in [9.17, 15) is 13.6 Å². The van der Waals surface area contributed by atoms with Gasteiger partial charge in [-0.2, -0.15) is 0 Å². The monoisotopic (exact) mass is 215 g/mol. The molecule has 0 spiro atoms. The van der Waals surface area contributed by atoms with Gasteiger partial charge in [-0.25, -0.2) is 8.78 Å². The number of ketones is 1. The highest BCUT2D eigenvalue weighted by molar-refractivity contribution is 5.99. The van der Waals surface area contributed by atoms with Crippen molar-refractivity contribution in [1.82, 2.24) is 0 Å². The van der Waals surface area contributed by atoms with E-state index in [2.05, 4.69) is 0 Å². The highest BCUT2D eigenvalue weighted by Gasteiger charge is 2.21. The summed E-state index contributed by atoms with van der Waals surface area (Å²) in [5, 5.41) is 0. The van der Waals surface area contributed by atoms with Crippen molar-refractivity contribution < 1.29 is 18.3 Å². The second-order valence-corrected chi connectivity index (χ2v) is 2.85. The van der Waals surface area contributed by atoms with Gasteiger partial charge in [0.25, 0.3) is 6.43 Å². The predicted octanol–water partition coefficient (Wildman–Crippen LogP) is 1.77. The molecule has 0 bridgehead atoms. The van der Waals surface area contributed by atoms with Crippen LogP contribution in [-0.2, 0) is 0 Å². The Bertz CT molecular complexity index is 366. The molecule has 0 saturated heterocycles. The van der Waals surface area contributed by atoms with Gasteiger partial charge in [-0.3, -0.25) is 4.79 Å². The average Bonchev–Trinajstić information content (AvgIpc) is 2.26. The van der Waals surface area contributed by atoms with Crippen LogP contribution in [0.1, 0.15) is 22.3 Å². The Morgan fingerprint density at radius 3 is 2.67 bits per heavy atom. The minimum atomic E-state index is -2.76. The number of ether oxygens (including phenoxy) is 1. The van der Waals surface area contributed by atoms with Gasteiger partial charge in [0.05, 0.1) is 19.2 Å². The molecule has 0 radical (unpaired) electrons. The zero-order chi connectivity index (χ0) is 11.4. The fourth-order valence-electron chi connectivity index (χ4n) is 1.30. The zero-order valence-electron chi connectivity index (χ0n) is 8.17. The maximum atomic E-state index is 12.7. The summed E-state index contributed by atoms with van der Waals surface area (Å²) in [7, 11) is 1.28. The first-order chi connectivity index (χ1) is 7.11. The lowest BCUT2D eigenvalue weighted by Gasteiger charge is -2.11. The van der Waals surface area contributed by atoms with E-state index in [0.717, 1.165) is 0 Å². The molecule has 0 atom stereocenters. The maximum Gasteiger partial charge on any atom is 0.268 e. The first-order valence-electron chi connectivity index (χ1n) is 4.30. The van der Waals surface area contributed by atoms with Gasteiger partial charge in [0.2, 0.25) is 0 Å². The van der Waals surface area contributed by atoms with Gasteiger partial charge in [-0.15, -0.1) is 0 Å². The van der Waals surface area contributed by atoms with Gasteiger partial charge < -0.3 is 10.5 Å². The summed E-state index contributed by atoms with van der Waals surface area (Å²) in [4.78, 5) is 11.3. The summed E-state index contributed by atoms with van der Waals surface area (Å²) < 4.78 is 30.2. The highest BCUT2D eigenvalue weighted by Crippen LogP contribution is 2.32. The lowest BCUT2D eigenvalue weighted by Crippen LogP contribution is -2.16. The molecule has 0 amide bonds. The Balaban J connectivity index is 3.31. The summed E-state index contributed by atoms with van der Waals surface area (Å²) in [5.41, 5.74) is 4.66. The first-order valence-corrected chi connectivity index (χ1v) is 4.30. The normalized spacial score (nSPS) is 10.5. The second-order valence-electron chi connectivity index (χ2n) is 2.85. The lowest BCUT2D eigenvalue weighted by atomic mass is 10.0. The molecule has 82 valence electrons. The Hall–Kier alpha value is -1.49. The lowest BCUT2D eigenvalue weighted by molar-refractivity contribution is 0.0985. The molecule has 0 fully saturated rings. The van der Waals surface area contributed by atoms with Crippen LogP contribution in [0.15, 0.2) is 18.2 Å². The quantitative estimate of drug-likeness (QED) is 0.779. The van der Waals surface area contributed by atoms with Gasteiger partial charge in [0, 0.05) is 5.56 Å². The van der Waals surface area contributed by atoms with Crippen LogP contribution in [0.25, 0.3) is 0 Å². The summed E-state index contributed by atoms with van der Waals surface area (Å²) in [6.45, 7) is -0.299. The van der Waals surface area contributed by atoms with E-state index in [4.69, 9.17) is 10.5 Å². The van der Waals surface area contributed by atoms with Crippen molar-refractivity contribution in [2.75, 3.05) is 13.7 Å². The van der Waals surface area contributed by atoms with Crippen LogP contribution < -0.4 is 10.5 Å². The van der Waals surface area contributed by atoms with Crippen molar-refractivity contribution >= 4 is 5.78 Å². The van der Waals surface area contributed by atoms with E-state index >= 15 is 0 Å². The van der Waals surface area contributed by atoms with Crippen molar-refractivity contribution in [1.29, 1.82) is 0 Å². The summed E-state index contributed by atoms with van der Waals surface area (Å²) in [5.74, 6) is -0.520. The molecule has 15 heavy (non-hydrogen) atoms. The summed E-state index contributed by atoms with van der Waals surface area (Å²) in [6, 6.07) is 4.18. The molecule has 3 nitrogen and oxygen atoms in total. The van der Waals surface area contributed by atoms with Crippen LogP contribution in [-0.4, -0.2) is 19.4 Å². The molecule has 0 aromatic heterocycles. The minimum absolute atomic E-state index is 0.00398. The van der Waals surface area contributed by atoms with Gasteiger partial charge in [0.1, 0.15) is 5.75 Å². The number of nitrogens with two attached hydrogens (primary N) is 1. The molecule has 1 rings (SSSR count). The summed E-state index contributed by atoms with van der Waals surface area (Å²) in [6.07, 6.45) is -2.76. The van der Waals surface area contributed by atoms with E-state index in [1.807, 2.05) is 0 Å². The molecule has 1 aromatic carbocycles. The molecular formula is C10H11F2NO2. The molecule has 0 aliphatic carbocycles. The Kier molecular flexibility index (Phi) is 3.74. The van der Waals surface area contributed by atoms with Gasteiger partial charge >= 0.3 is 0 Å². The molecule has 0 aliphatic rings. The van der Waals surface area contributed by atoms with Crippen LogP contribution in [0.5, 0.6) is 5.75 Å². The van der Waals surface area contributed by atoms with E-state index in [0.29, 0.717) is 0 Å². The van der Waals surface area contributed by atoms with Gasteiger partial charge in [-0.1, -0.05) is 12.1 Å². The third-order valence-corrected chi connectivity index (χ3v) is 1.99. The fraction of sp³-hybridized carbons (Fsp3) is 0.300. The Labute approximate surface area is 85.8 Å². The van der Waals surface area contributed by atoms with Crippen molar-refractivity contribution in [3.05, 3.63) is 29.3 Å². The average molecular weight is 215 g/mol. The molecular weight excluding hydrogens is 204 g/mol. The Morgan fingerprint density at radius 1 is 1.53 bits per heavy atom. The van der Waals surface area contributed by atoms with Gasteiger partial charge in [-0.05, 0) is 6.07 Å². The van der Waals surface area contributed by atoms with E-state index in [1.165, 1.54) is 25.3 Å². The number of methoxy groups -OCH3 is 1. The number of carbonyl (C=O) groups excluding carboxylic acids is 1. The number of alkyl halides is 2. The first kappa shape index (κ1) is 11.6. The standard InChI is InChI=1S/C10H11F2NO2/c1-15-8-4-2-3-6(7(14)5-13)9(8)10(11)12/h2-4,10H,5,13H2,1H3. The number of halogens is 2. The maximum absolute atomic E-state index is 12.7. The van der Waals surface area contributed by atoms with E-state index in [-0.39, 0.29) is 17.9 Å². The van der Waals surface area contributed by atoms with Crippen LogP contribution in [0, 0.1) is 0 Å². The summed E-state index contributed by atoms with van der Waals surface area (Å²) >= 11 is 0. The van der Waals surface area contributed by atoms with Crippen LogP contribution in [0.4, 0.5) is 8.78 Å². The smallest absolute Gasteiger partial charge is 0.268 e. The zero-order valence-corrected chi connectivity index (χ0v) is 8.17. The number of rotatable bonds is 4. The molecule has 1 aromatic rings. The van der Waals surface area contributed by atoms with Crippen LogP contribution in [0.2, 0.25) is 0 Å². The number of Topliss-reactive ketones (excluding diaryl/α,β-unsaturated/α-hetero) is 1. The van der Waals surface area contributed by atoms with Crippen molar-refractivity contribution in [3.63, 3.8) is 0 Å². The molecule has 0 heterocycles. The molecule has 0 unspecified atom stereocenters. The molecule has 5 heteroatoms. The van der Waals surface area contributed by atoms with Crippen LogP contribution >= 0.6 is 0 Å². The largest absolute Gasteiger partial charge is 0.496 e. The van der Waals surface area contributed by atoms with Crippen molar-refractivity contribution in [2.45, 2.75) is 6.43 Å². The third-order valence-electron chi connectivity index (χ3n) is 1.99. The van der Waals surface area contributed by atoms with Gasteiger partial charge in [0.15, 0.2) is 5.78 Å². The van der Waals surface area contributed by atoms with Crippen molar-refractivity contribution in [3.8, 4) is 5.75 Å². The second kappa shape index (κ2) is 4.84. The third kappa shape index (κ3) is 2.30. The van der Waals surface area contributed by atoms with E-state index < -0.39 is 17.8 Å².